The van der Waals surface area contributed by atoms with Gasteiger partial charge in [0.15, 0.2) is 17.5 Å². The molecular formula is C16H21F3N2O2. The third-order valence-corrected chi connectivity index (χ3v) is 3.85. The molecule has 23 heavy (non-hydrogen) atoms. The van der Waals surface area contributed by atoms with E-state index in [-0.39, 0.29) is 18.2 Å². The van der Waals surface area contributed by atoms with E-state index in [1.807, 2.05) is 6.92 Å². The fourth-order valence-corrected chi connectivity index (χ4v) is 2.70. The largest absolute Gasteiger partial charge is 0.445 e. The summed E-state index contributed by atoms with van der Waals surface area (Å²) in [4.78, 5) is 13.9. The number of carbonyl (C=O) groups is 1. The number of nitrogens with one attached hydrogen (secondary N) is 1. The molecule has 0 spiro atoms. The van der Waals surface area contributed by atoms with Gasteiger partial charge in [-0.3, -0.25) is 0 Å². The molecule has 0 atom stereocenters. The van der Waals surface area contributed by atoms with E-state index < -0.39 is 23.5 Å². The number of rotatable bonds is 5. The van der Waals surface area contributed by atoms with Crippen molar-refractivity contribution in [3.8, 4) is 0 Å². The first-order valence-electron chi connectivity index (χ1n) is 7.80. The third-order valence-electron chi connectivity index (χ3n) is 3.85. The minimum Gasteiger partial charge on any atom is -0.445 e. The van der Waals surface area contributed by atoms with Crippen LogP contribution in [0.1, 0.15) is 31.7 Å². The Morgan fingerprint density at radius 1 is 1.26 bits per heavy atom. The van der Waals surface area contributed by atoms with Crippen molar-refractivity contribution < 1.29 is 22.7 Å². The predicted molar refractivity (Wildman–Crippen MR) is 79.4 cm³/mol. The standard InChI is InChI=1S/C16H21F3N2O2/c1-2-7-21(12-3-5-20-6-4-12)16(22)23-10-11-8-13(17)15(19)14(18)9-11/h8-9,12,20H,2-7,10H2,1H3. The highest BCUT2D eigenvalue weighted by Gasteiger charge is 2.25. The van der Waals surface area contributed by atoms with Gasteiger partial charge in [0.2, 0.25) is 0 Å². The summed E-state index contributed by atoms with van der Waals surface area (Å²) in [5.74, 6) is -4.11. The molecule has 4 nitrogen and oxygen atoms in total. The Kier molecular flexibility index (Phi) is 6.27. The number of hydrogen-bond acceptors (Lipinski definition) is 3. The van der Waals surface area contributed by atoms with E-state index in [1.165, 1.54) is 0 Å². The SMILES string of the molecule is CCCN(C(=O)OCc1cc(F)c(F)c(F)c1)C1CCNCC1. The normalized spacial score (nSPS) is 15.5. The molecule has 1 saturated heterocycles. The molecule has 1 aliphatic rings. The topological polar surface area (TPSA) is 41.6 Å². The van der Waals surface area contributed by atoms with Gasteiger partial charge in [-0.05, 0) is 50.0 Å². The Morgan fingerprint density at radius 3 is 2.43 bits per heavy atom. The van der Waals surface area contributed by atoms with Crippen molar-refractivity contribution in [2.24, 2.45) is 0 Å². The zero-order valence-electron chi connectivity index (χ0n) is 13.1. The maximum Gasteiger partial charge on any atom is 0.410 e. The number of amides is 1. The lowest BCUT2D eigenvalue weighted by atomic mass is 10.1. The third kappa shape index (κ3) is 4.60. The van der Waals surface area contributed by atoms with Crippen molar-refractivity contribution in [2.45, 2.75) is 38.8 Å². The average Bonchev–Trinajstić information content (AvgIpc) is 2.56. The highest BCUT2D eigenvalue weighted by molar-refractivity contribution is 5.68. The van der Waals surface area contributed by atoms with Crippen LogP contribution in [-0.2, 0) is 11.3 Å². The van der Waals surface area contributed by atoms with Gasteiger partial charge < -0.3 is 15.0 Å². The Hall–Kier alpha value is -1.76. The molecule has 0 aromatic heterocycles. The van der Waals surface area contributed by atoms with Crippen LogP contribution in [0.5, 0.6) is 0 Å². The smallest absolute Gasteiger partial charge is 0.410 e. The first kappa shape index (κ1) is 17.6. The van der Waals surface area contributed by atoms with Crippen LogP contribution in [0, 0.1) is 17.5 Å². The van der Waals surface area contributed by atoms with Crippen molar-refractivity contribution in [1.82, 2.24) is 10.2 Å². The predicted octanol–water partition coefficient (Wildman–Crippen LogP) is 3.20. The fraction of sp³-hybridized carbons (Fsp3) is 0.562. The average molecular weight is 330 g/mol. The lowest BCUT2D eigenvalue weighted by molar-refractivity contribution is 0.0732. The van der Waals surface area contributed by atoms with Crippen molar-refractivity contribution in [3.63, 3.8) is 0 Å². The molecule has 1 amide bonds. The molecule has 0 radical (unpaired) electrons. The van der Waals surface area contributed by atoms with Crippen molar-refractivity contribution >= 4 is 6.09 Å². The highest BCUT2D eigenvalue weighted by atomic mass is 19.2. The van der Waals surface area contributed by atoms with Crippen LogP contribution in [0.25, 0.3) is 0 Å². The molecule has 1 aromatic rings. The molecule has 1 fully saturated rings. The van der Waals surface area contributed by atoms with E-state index in [9.17, 15) is 18.0 Å². The van der Waals surface area contributed by atoms with Gasteiger partial charge in [0.25, 0.3) is 0 Å². The second-order valence-electron chi connectivity index (χ2n) is 5.60. The van der Waals surface area contributed by atoms with Gasteiger partial charge in [0, 0.05) is 12.6 Å². The van der Waals surface area contributed by atoms with Gasteiger partial charge in [0.05, 0.1) is 0 Å². The van der Waals surface area contributed by atoms with Crippen LogP contribution in [0.4, 0.5) is 18.0 Å². The van der Waals surface area contributed by atoms with Crippen LogP contribution < -0.4 is 5.32 Å². The molecule has 0 unspecified atom stereocenters. The van der Waals surface area contributed by atoms with Gasteiger partial charge in [0.1, 0.15) is 6.61 Å². The maximum absolute atomic E-state index is 13.2. The molecule has 1 aliphatic heterocycles. The van der Waals surface area contributed by atoms with Crippen molar-refractivity contribution in [3.05, 3.63) is 35.1 Å². The number of piperidine rings is 1. The van der Waals surface area contributed by atoms with Crippen molar-refractivity contribution in [1.29, 1.82) is 0 Å². The summed E-state index contributed by atoms with van der Waals surface area (Å²) in [6, 6.07) is 1.77. The summed E-state index contributed by atoms with van der Waals surface area (Å²) in [7, 11) is 0. The zero-order chi connectivity index (χ0) is 16.8. The van der Waals surface area contributed by atoms with E-state index >= 15 is 0 Å². The number of halogens is 3. The van der Waals surface area contributed by atoms with E-state index in [4.69, 9.17) is 4.74 Å². The molecular weight excluding hydrogens is 309 g/mol. The van der Waals surface area contributed by atoms with Gasteiger partial charge in [-0.1, -0.05) is 6.92 Å². The molecule has 2 rings (SSSR count). The van der Waals surface area contributed by atoms with Crippen LogP contribution in [0.15, 0.2) is 12.1 Å². The van der Waals surface area contributed by atoms with Crippen LogP contribution >= 0.6 is 0 Å². The number of ether oxygens (including phenoxy) is 1. The summed E-state index contributed by atoms with van der Waals surface area (Å²) in [6.45, 7) is 3.92. The molecule has 128 valence electrons. The Bertz CT molecular complexity index is 525. The van der Waals surface area contributed by atoms with E-state index in [0.717, 1.165) is 44.5 Å². The minimum atomic E-state index is -1.53. The monoisotopic (exact) mass is 330 g/mol. The Balaban J connectivity index is 1.98. The van der Waals surface area contributed by atoms with Crippen molar-refractivity contribution in [2.75, 3.05) is 19.6 Å². The Labute approximate surface area is 133 Å². The molecule has 1 aromatic carbocycles. The second-order valence-corrected chi connectivity index (χ2v) is 5.60. The number of nitrogens with zero attached hydrogens (tertiary/aromatic N) is 1. The van der Waals surface area contributed by atoms with E-state index in [2.05, 4.69) is 5.32 Å². The van der Waals surface area contributed by atoms with Crippen LogP contribution in [-0.4, -0.2) is 36.7 Å². The second kappa shape index (κ2) is 8.19. The fourth-order valence-electron chi connectivity index (χ4n) is 2.70. The minimum absolute atomic E-state index is 0.0801. The molecule has 1 heterocycles. The van der Waals surface area contributed by atoms with Crippen LogP contribution in [0.2, 0.25) is 0 Å². The first-order chi connectivity index (χ1) is 11.0. The van der Waals surface area contributed by atoms with Gasteiger partial charge in [-0.15, -0.1) is 0 Å². The maximum atomic E-state index is 13.2. The number of benzene rings is 1. The van der Waals surface area contributed by atoms with Gasteiger partial charge in [-0.2, -0.15) is 0 Å². The van der Waals surface area contributed by atoms with Crippen LogP contribution in [0.3, 0.4) is 0 Å². The summed E-state index contributed by atoms with van der Waals surface area (Å²) < 4.78 is 44.4. The molecule has 7 heteroatoms. The Morgan fingerprint density at radius 2 is 1.87 bits per heavy atom. The van der Waals surface area contributed by atoms with E-state index in [1.54, 1.807) is 4.90 Å². The van der Waals surface area contributed by atoms with E-state index in [0.29, 0.717) is 6.54 Å². The highest BCUT2D eigenvalue weighted by Crippen LogP contribution is 2.17. The zero-order valence-corrected chi connectivity index (χ0v) is 13.1. The van der Waals surface area contributed by atoms with Gasteiger partial charge in [-0.25, -0.2) is 18.0 Å². The summed E-state index contributed by atoms with van der Waals surface area (Å²) in [6.07, 6.45) is 1.96. The summed E-state index contributed by atoms with van der Waals surface area (Å²) in [5, 5.41) is 3.23. The molecule has 1 N–H and O–H groups in total. The molecule has 0 saturated carbocycles. The molecule has 0 bridgehead atoms. The number of hydrogen-bond donors (Lipinski definition) is 1. The first-order valence-corrected chi connectivity index (χ1v) is 7.80. The lowest BCUT2D eigenvalue weighted by Crippen LogP contribution is -2.46. The number of carbonyl (C=O) groups excluding carboxylic acids is 1. The lowest BCUT2D eigenvalue weighted by Gasteiger charge is -2.33. The molecule has 0 aliphatic carbocycles. The quantitative estimate of drug-likeness (QED) is 0.843. The van der Waals surface area contributed by atoms with Gasteiger partial charge >= 0.3 is 6.09 Å². The summed E-state index contributed by atoms with van der Waals surface area (Å²) in [5.41, 5.74) is 0.0801. The summed E-state index contributed by atoms with van der Waals surface area (Å²) >= 11 is 0.